The van der Waals surface area contributed by atoms with Crippen molar-refractivity contribution in [3.8, 4) is 39.5 Å². The van der Waals surface area contributed by atoms with Crippen LogP contribution in [0.1, 0.15) is 113 Å². The third-order valence-corrected chi connectivity index (χ3v) is 12.6. The number of aromatic nitrogens is 5. The molecule has 0 aliphatic heterocycles. The molecule has 0 N–H and O–H groups in total. The molecule has 0 amide bonds. The van der Waals surface area contributed by atoms with E-state index >= 15 is 0 Å². The summed E-state index contributed by atoms with van der Waals surface area (Å²) in [5.41, 5.74) is 14.6. The van der Waals surface area contributed by atoms with Crippen LogP contribution < -0.4 is 0 Å². The molecule has 0 aliphatic carbocycles. The first-order chi connectivity index (χ1) is 33.8. The summed E-state index contributed by atoms with van der Waals surface area (Å²) in [7, 11) is 0. The minimum atomic E-state index is -2.46. The number of benzene rings is 6. The predicted octanol–water partition coefficient (Wildman–Crippen LogP) is 16.4. The summed E-state index contributed by atoms with van der Waals surface area (Å²) in [6.07, 6.45) is 1.87. The summed E-state index contributed by atoms with van der Waals surface area (Å²) in [5.74, 6) is 1.57. The maximum absolute atomic E-state index is 8.58. The molecule has 11 rings (SSSR count). The average molecular weight is 1090 g/mol. The van der Waals surface area contributed by atoms with Crippen molar-refractivity contribution < 1.29 is 33.1 Å². The zero-order valence-corrected chi connectivity index (χ0v) is 43.1. The van der Waals surface area contributed by atoms with E-state index in [1.165, 1.54) is 16.7 Å². The van der Waals surface area contributed by atoms with Crippen molar-refractivity contribution in [1.82, 2.24) is 24.5 Å². The van der Waals surface area contributed by atoms with Gasteiger partial charge in [0.25, 0.3) is 0 Å². The number of aryl methyl sites for hydroxylation is 1. The second-order valence-electron chi connectivity index (χ2n) is 20.4. The van der Waals surface area contributed by atoms with Gasteiger partial charge in [-0.05, 0) is 105 Å². The molecular weight excluding hydrogens is 1030 g/mol. The molecule has 5 aromatic heterocycles. The van der Waals surface area contributed by atoms with Crippen molar-refractivity contribution in [2.24, 2.45) is 0 Å². The van der Waals surface area contributed by atoms with Crippen LogP contribution in [0.3, 0.4) is 0 Å². The van der Waals surface area contributed by atoms with Gasteiger partial charge >= 0.3 is 0 Å². The van der Waals surface area contributed by atoms with Gasteiger partial charge in [0.2, 0.25) is 5.89 Å². The van der Waals surface area contributed by atoms with Crippen LogP contribution in [0.25, 0.3) is 94.6 Å². The van der Waals surface area contributed by atoms with Crippen LogP contribution in [0.15, 0.2) is 142 Å². The van der Waals surface area contributed by atoms with Crippen LogP contribution in [0.4, 0.5) is 0 Å². The minimum Gasteiger partial charge on any atom is -0.499 e. The molecule has 11 aromatic rings. The van der Waals surface area contributed by atoms with Gasteiger partial charge in [-0.15, -0.1) is 53.6 Å². The molecule has 6 aromatic carbocycles. The zero-order valence-electron chi connectivity index (χ0n) is 43.7. The number of fused-ring (bicyclic) bond motifs is 7. The number of oxazole rings is 1. The van der Waals surface area contributed by atoms with Crippen LogP contribution in [0.2, 0.25) is 0 Å². The molecule has 5 heterocycles. The topological polar surface area (TPSA) is 82.8 Å². The van der Waals surface area contributed by atoms with Gasteiger partial charge in [0.15, 0.2) is 5.58 Å². The van der Waals surface area contributed by atoms with E-state index in [1.807, 2.05) is 72.9 Å². The number of rotatable bonds is 6. The summed E-state index contributed by atoms with van der Waals surface area (Å²) in [6, 6.07) is 49.1. The fourth-order valence-corrected chi connectivity index (χ4v) is 8.97. The van der Waals surface area contributed by atoms with E-state index in [4.69, 9.17) is 27.9 Å². The number of imidazole rings is 1. The monoisotopic (exact) mass is 1090 g/mol. The van der Waals surface area contributed by atoms with Crippen LogP contribution in [-0.4, -0.2) is 24.5 Å². The molecule has 0 saturated carbocycles. The fourth-order valence-electron chi connectivity index (χ4n) is 8.97. The Hall–Kier alpha value is -6.73. The van der Waals surface area contributed by atoms with Gasteiger partial charge in [0.05, 0.1) is 33.5 Å². The average Bonchev–Trinajstić information content (AvgIpc) is 4.07. The standard InChI is InChI=1S/C46H41N4O2.C15H16N.Ir/c1-25(2)31-22-29(28-14-10-9-11-15-28)23-32(26(3)4)41(31)50-37-17-13-12-16-35(37)48-44(50)30-19-18-27(5)39-40-38(51-43(30)39)24-33-34(47-40)20-21-36-42(33)52-45(49-36)46(6,7)8;1-15(2,3)13-9-10-16-14(11-13)12-7-5-4-6-8-12;/h9-18,20-26H,1-8H3;4-7,9-11H,1-3H3;/q2*-1;/i5D3;;. The van der Waals surface area contributed by atoms with Gasteiger partial charge in [-0.2, -0.15) is 0 Å². The van der Waals surface area contributed by atoms with E-state index in [9.17, 15) is 0 Å². The van der Waals surface area contributed by atoms with Crippen LogP contribution >= 0.6 is 0 Å². The molecule has 0 unspecified atom stereocenters. The van der Waals surface area contributed by atoms with Gasteiger partial charge in [0.1, 0.15) is 11.1 Å². The number of nitrogens with zero attached hydrogens (tertiary/aromatic N) is 5. The quantitative estimate of drug-likeness (QED) is 0.154. The van der Waals surface area contributed by atoms with Crippen molar-refractivity contribution in [3.63, 3.8) is 0 Å². The minimum absolute atomic E-state index is 0. The van der Waals surface area contributed by atoms with Crippen molar-refractivity contribution in [3.05, 3.63) is 174 Å². The molecule has 0 atom stereocenters. The van der Waals surface area contributed by atoms with Gasteiger partial charge < -0.3 is 18.4 Å². The fraction of sp³-hybridized carbons (Fsp3) is 0.246. The van der Waals surface area contributed by atoms with E-state index in [2.05, 4.69) is 146 Å². The maximum Gasteiger partial charge on any atom is 0.200 e. The zero-order chi connectivity index (χ0) is 50.1. The Kier molecular flexibility index (Phi) is 11.6. The van der Waals surface area contributed by atoms with E-state index < -0.39 is 6.85 Å². The summed E-state index contributed by atoms with van der Waals surface area (Å²) in [6.45, 7) is 19.2. The van der Waals surface area contributed by atoms with E-state index in [0.29, 0.717) is 50.4 Å². The summed E-state index contributed by atoms with van der Waals surface area (Å²) in [5, 5.41) is 1.16. The SMILES string of the molecule is CC(C)(C)c1ccnc(-c2[c-]cccc2)c1.[2H]C([2H])([2H])c1c[c-]c(-c2nc3ccccc3n2-c2c(C(C)C)cc(-c3ccccc3)cc2C(C)C)c2oc3cc4c(ccc5nc(C(C)(C)C)oc54)nc3c12.[Ir]. The van der Waals surface area contributed by atoms with Crippen LogP contribution in [0, 0.1) is 19.0 Å². The summed E-state index contributed by atoms with van der Waals surface area (Å²) >= 11 is 0. The predicted molar refractivity (Wildman–Crippen MR) is 280 cm³/mol. The van der Waals surface area contributed by atoms with Crippen molar-refractivity contribution in [2.75, 3.05) is 0 Å². The molecule has 1 radical (unpaired) electrons. The molecule has 0 fully saturated rings. The van der Waals surface area contributed by atoms with Crippen molar-refractivity contribution in [2.45, 2.75) is 98.8 Å². The summed E-state index contributed by atoms with van der Waals surface area (Å²) in [4.78, 5) is 19.5. The van der Waals surface area contributed by atoms with E-state index in [-0.39, 0.29) is 48.3 Å². The molecule has 69 heavy (non-hydrogen) atoms. The van der Waals surface area contributed by atoms with Crippen molar-refractivity contribution in [1.29, 1.82) is 0 Å². The molecule has 0 bridgehead atoms. The molecule has 7 nitrogen and oxygen atoms in total. The molecule has 0 aliphatic rings. The molecule has 0 saturated heterocycles. The smallest absolute Gasteiger partial charge is 0.200 e. The Bertz CT molecular complexity index is 3750. The Morgan fingerprint density at radius 1 is 0.652 bits per heavy atom. The Morgan fingerprint density at radius 2 is 1.36 bits per heavy atom. The van der Waals surface area contributed by atoms with Gasteiger partial charge in [-0.25, -0.2) is 9.97 Å². The van der Waals surface area contributed by atoms with Gasteiger partial charge in [0, 0.05) is 46.9 Å². The Morgan fingerprint density at radius 3 is 2.04 bits per heavy atom. The number of furan rings is 1. The molecule has 8 heteroatoms. The first kappa shape index (κ1) is 43.5. The third kappa shape index (κ3) is 8.81. The first-order valence-corrected chi connectivity index (χ1v) is 23.4. The second kappa shape index (κ2) is 18.3. The normalized spacial score (nSPS) is 13.0. The number of para-hydroxylation sites is 2. The van der Waals surface area contributed by atoms with Crippen LogP contribution in [0.5, 0.6) is 0 Å². The van der Waals surface area contributed by atoms with Crippen LogP contribution in [-0.2, 0) is 30.9 Å². The maximum atomic E-state index is 8.58. The van der Waals surface area contributed by atoms with Gasteiger partial charge in [-0.1, -0.05) is 130 Å². The Labute approximate surface area is 422 Å². The number of pyridine rings is 2. The van der Waals surface area contributed by atoms with Gasteiger partial charge in [-0.3, -0.25) is 4.98 Å². The third-order valence-electron chi connectivity index (χ3n) is 12.6. The number of hydrogen-bond acceptors (Lipinski definition) is 6. The Balaban J connectivity index is 0.000000321. The largest absolute Gasteiger partial charge is 0.499 e. The molecule has 349 valence electrons. The summed E-state index contributed by atoms with van der Waals surface area (Å²) < 4.78 is 41.1. The second-order valence-corrected chi connectivity index (χ2v) is 20.4. The van der Waals surface area contributed by atoms with Crippen molar-refractivity contribution >= 4 is 55.1 Å². The number of hydrogen-bond donors (Lipinski definition) is 0. The first-order valence-electron chi connectivity index (χ1n) is 24.9. The molecule has 0 spiro atoms. The molecular formula is C61H57IrN5O2-2. The van der Waals surface area contributed by atoms with E-state index in [0.717, 1.165) is 50.0 Å². The van der Waals surface area contributed by atoms with E-state index in [1.54, 1.807) is 6.07 Å².